The highest BCUT2D eigenvalue weighted by Gasteiger charge is 2.45. The number of hydrogen-bond acceptors (Lipinski definition) is 6. The third kappa shape index (κ3) is 3.41. The summed E-state index contributed by atoms with van der Waals surface area (Å²) in [5.74, 6) is 0.883. The Kier molecular flexibility index (Phi) is 4.43. The lowest BCUT2D eigenvalue weighted by molar-refractivity contribution is 0.0120. The van der Waals surface area contributed by atoms with E-state index in [0.29, 0.717) is 6.04 Å². The van der Waals surface area contributed by atoms with E-state index in [-0.39, 0.29) is 5.60 Å². The lowest BCUT2D eigenvalue weighted by Crippen LogP contribution is -2.33. The van der Waals surface area contributed by atoms with Crippen LogP contribution in [0.4, 0.5) is 5.69 Å². The maximum atomic E-state index is 6.23. The van der Waals surface area contributed by atoms with Crippen LogP contribution in [-0.2, 0) is 11.3 Å². The highest BCUT2D eigenvalue weighted by molar-refractivity contribution is 7.09. The van der Waals surface area contributed by atoms with Gasteiger partial charge in [0.1, 0.15) is 10.8 Å². The van der Waals surface area contributed by atoms with Gasteiger partial charge in [0.2, 0.25) is 0 Å². The summed E-state index contributed by atoms with van der Waals surface area (Å²) < 4.78 is 11.4. The quantitative estimate of drug-likeness (QED) is 0.903. The number of aromatic nitrogens is 1. The van der Waals surface area contributed by atoms with Crippen LogP contribution in [0.15, 0.2) is 35.8 Å². The zero-order valence-electron chi connectivity index (χ0n) is 13.9. The Morgan fingerprint density at radius 2 is 2.29 bits per heavy atom. The molecule has 6 heteroatoms. The van der Waals surface area contributed by atoms with Crippen LogP contribution in [0, 0.1) is 0 Å². The van der Waals surface area contributed by atoms with Gasteiger partial charge < -0.3 is 14.8 Å². The molecule has 4 rings (SSSR count). The fraction of sp³-hybridized carbons (Fsp3) is 0.500. The first-order chi connectivity index (χ1) is 11.7. The smallest absolute Gasteiger partial charge is 0.119 e. The molecule has 1 N–H and O–H groups in total. The maximum absolute atomic E-state index is 6.23. The van der Waals surface area contributed by atoms with Crippen LogP contribution in [-0.4, -0.2) is 48.3 Å². The SMILES string of the molecule is COc1ccc(N[C@@H]2CO[C@@]3(CCN(Cc4nccs4)C3)C2)cc1. The van der Waals surface area contributed by atoms with E-state index in [0.717, 1.165) is 50.5 Å². The summed E-state index contributed by atoms with van der Waals surface area (Å²) in [7, 11) is 1.69. The lowest BCUT2D eigenvalue weighted by Gasteiger charge is -2.23. The van der Waals surface area contributed by atoms with Crippen molar-refractivity contribution in [1.82, 2.24) is 9.88 Å². The number of likely N-dealkylation sites (tertiary alicyclic amines) is 1. The number of nitrogens with one attached hydrogen (secondary N) is 1. The van der Waals surface area contributed by atoms with Gasteiger partial charge in [0.25, 0.3) is 0 Å². The largest absolute Gasteiger partial charge is 0.497 e. The molecule has 2 aliphatic rings. The Morgan fingerprint density at radius 1 is 1.42 bits per heavy atom. The summed E-state index contributed by atoms with van der Waals surface area (Å²) >= 11 is 1.73. The van der Waals surface area contributed by atoms with Gasteiger partial charge in [0.15, 0.2) is 0 Å². The first kappa shape index (κ1) is 15.9. The van der Waals surface area contributed by atoms with Crippen LogP contribution in [0.3, 0.4) is 0 Å². The molecule has 2 saturated heterocycles. The van der Waals surface area contributed by atoms with Gasteiger partial charge in [0, 0.05) is 36.8 Å². The molecule has 0 aliphatic carbocycles. The predicted molar refractivity (Wildman–Crippen MR) is 95.7 cm³/mol. The first-order valence-electron chi connectivity index (χ1n) is 8.40. The second-order valence-corrected chi connectivity index (χ2v) is 7.63. The Balaban J connectivity index is 1.32. The molecule has 5 nitrogen and oxygen atoms in total. The highest BCUT2D eigenvalue weighted by atomic mass is 32.1. The zero-order valence-corrected chi connectivity index (χ0v) is 14.7. The van der Waals surface area contributed by atoms with Gasteiger partial charge in [-0.05, 0) is 30.7 Å². The summed E-state index contributed by atoms with van der Waals surface area (Å²) in [6.45, 7) is 3.82. The van der Waals surface area contributed by atoms with Crippen LogP contribution < -0.4 is 10.1 Å². The third-order valence-corrected chi connectivity index (χ3v) is 5.67. The minimum absolute atomic E-state index is 0.0153. The van der Waals surface area contributed by atoms with Gasteiger partial charge in [-0.1, -0.05) is 0 Å². The van der Waals surface area contributed by atoms with Gasteiger partial charge in [-0.3, -0.25) is 4.90 Å². The topological polar surface area (TPSA) is 46.6 Å². The minimum atomic E-state index is 0.0153. The van der Waals surface area contributed by atoms with E-state index < -0.39 is 0 Å². The van der Waals surface area contributed by atoms with E-state index in [2.05, 4.69) is 27.3 Å². The summed E-state index contributed by atoms with van der Waals surface area (Å²) in [4.78, 5) is 6.86. The fourth-order valence-corrected chi connectivity index (χ4v) is 4.39. The van der Waals surface area contributed by atoms with Crippen molar-refractivity contribution in [2.24, 2.45) is 0 Å². The summed E-state index contributed by atoms with van der Waals surface area (Å²) in [5.41, 5.74) is 1.14. The van der Waals surface area contributed by atoms with Crippen molar-refractivity contribution in [1.29, 1.82) is 0 Å². The van der Waals surface area contributed by atoms with Crippen molar-refractivity contribution < 1.29 is 9.47 Å². The Hall–Kier alpha value is -1.63. The molecule has 2 aromatic rings. The molecule has 1 aromatic heterocycles. The molecule has 2 fully saturated rings. The van der Waals surface area contributed by atoms with Crippen LogP contribution in [0.1, 0.15) is 17.8 Å². The molecule has 0 saturated carbocycles. The van der Waals surface area contributed by atoms with Gasteiger partial charge >= 0.3 is 0 Å². The van der Waals surface area contributed by atoms with Crippen molar-refractivity contribution in [3.63, 3.8) is 0 Å². The van der Waals surface area contributed by atoms with Gasteiger partial charge in [-0.25, -0.2) is 4.98 Å². The van der Waals surface area contributed by atoms with E-state index in [9.17, 15) is 0 Å². The molecule has 0 amide bonds. The first-order valence-corrected chi connectivity index (χ1v) is 9.28. The number of benzene rings is 1. The van der Waals surface area contributed by atoms with Crippen molar-refractivity contribution >= 4 is 17.0 Å². The molecule has 2 aliphatic heterocycles. The van der Waals surface area contributed by atoms with Crippen molar-refractivity contribution in [2.45, 2.75) is 31.0 Å². The van der Waals surface area contributed by atoms with Crippen molar-refractivity contribution in [2.75, 3.05) is 32.1 Å². The molecule has 3 heterocycles. The van der Waals surface area contributed by atoms with E-state index >= 15 is 0 Å². The summed E-state index contributed by atoms with van der Waals surface area (Å²) in [5, 5.41) is 6.83. The number of methoxy groups -OCH3 is 1. The minimum Gasteiger partial charge on any atom is -0.497 e. The maximum Gasteiger partial charge on any atom is 0.119 e. The van der Waals surface area contributed by atoms with Gasteiger partial charge in [0.05, 0.1) is 31.9 Å². The number of rotatable bonds is 5. The fourth-order valence-electron chi connectivity index (χ4n) is 3.73. The second-order valence-electron chi connectivity index (χ2n) is 6.65. The average Bonchev–Trinajstić information content (AvgIpc) is 3.33. The molecule has 2 atom stereocenters. The number of ether oxygens (including phenoxy) is 2. The number of thiazole rings is 1. The van der Waals surface area contributed by atoms with Crippen molar-refractivity contribution in [3.05, 3.63) is 40.8 Å². The number of anilines is 1. The molecular weight excluding hydrogens is 322 g/mol. The molecule has 0 radical (unpaired) electrons. The van der Waals surface area contributed by atoms with E-state index in [1.54, 1.807) is 18.4 Å². The number of nitrogens with zero attached hydrogens (tertiary/aromatic N) is 2. The number of hydrogen-bond donors (Lipinski definition) is 1. The molecule has 24 heavy (non-hydrogen) atoms. The average molecular weight is 345 g/mol. The lowest BCUT2D eigenvalue weighted by atomic mass is 9.97. The van der Waals surface area contributed by atoms with Crippen LogP contribution in [0.25, 0.3) is 0 Å². The van der Waals surface area contributed by atoms with Crippen molar-refractivity contribution in [3.8, 4) is 5.75 Å². The molecule has 128 valence electrons. The molecule has 0 bridgehead atoms. The monoisotopic (exact) mass is 345 g/mol. The van der Waals surface area contributed by atoms with E-state index in [4.69, 9.17) is 9.47 Å². The molecular formula is C18H23N3O2S. The van der Waals surface area contributed by atoms with E-state index in [1.165, 1.54) is 5.01 Å². The molecule has 0 unspecified atom stereocenters. The second kappa shape index (κ2) is 6.70. The summed E-state index contributed by atoms with van der Waals surface area (Å²) in [6, 6.07) is 8.47. The standard InChI is InChI=1S/C18H23N3O2S/c1-22-16-4-2-14(3-5-16)20-15-10-18(23-12-15)6-8-21(13-18)11-17-19-7-9-24-17/h2-5,7,9,15,20H,6,8,10-13H2,1H3/t15-,18-/m0/s1. The zero-order chi connectivity index (χ0) is 16.4. The Bertz CT molecular complexity index is 661. The predicted octanol–water partition coefficient (Wildman–Crippen LogP) is 3.00. The van der Waals surface area contributed by atoms with E-state index in [1.807, 2.05) is 23.7 Å². The van der Waals surface area contributed by atoms with Gasteiger partial charge in [-0.15, -0.1) is 11.3 Å². The summed E-state index contributed by atoms with van der Waals surface area (Å²) in [6.07, 6.45) is 4.05. The highest BCUT2D eigenvalue weighted by Crippen LogP contribution is 2.36. The normalized spacial score (nSPS) is 27.0. The molecule has 1 aromatic carbocycles. The van der Waals surface area contributed by atoms with Crippen LogP contribution >= 0.6 is 11.3 Å². The molecule has 1 spiro atoms. The van der Waals surface area contributed by atoms with Crippen LogP contribution in [0.5, 0.6) is 5.75 Å². The van der Waals surface area contributed by atoms with Crippen LogP contribution in [0.2, 0.25) is 0 Å². The Labute approximate surface area is 146 Å². The third-order valence-electron chi connectivity index (χ3n) is 4.91. The van der Waals surface area contributed by atoms with Gasteiger partial charge in [-0.2, -0.15) is 0 Å². The Morgan fingerprint density at radius 3 is 3.04 bits per heavy atom.